The lowest BCUT2D eigenvalue weighted by atomic mass is 9.89. The number of nitrogens with one attached hydrogen (secondary N) is 1. The molecule has 2 aliphatic rings. The van der Waals surface area contributed by atoms with Crippen molar-refractivity contribution in [2.24, 2.45) is 0 Å². The fourth-order valence-electron chi connectivity index (χ4n) is 4.77. The molecule has 1 saturated heterocycles. The molecule has 1 heterocycles. The van der Waals surface area contributed by atoms with Gasteiger partial charge in [-0.2, -0.15) is 0 Å². The molecular formula is C28H34N2O4. The zero-order chi connectivity index (χ0) is 23.9. The fraction of sp³-hybridized carbons (Fsp3) is 0.429. The number of carbonyl (C=O) groups is 2. The van der Waals surface area contributed by atoms with Gasteiger partial charge in [-0.05, 0) is 61.9 Å². The lowest BCUT2D eigenvalue weighted by Crippen LogP contribution is -2.54. The van der Waals surface area contributed by atoms with Gasteiger partial charge < -0.3 is 19.7 Å². The summed E-state index contributed by atoms with van der Waals surface area (Å²) in [7, 11) is 1.64. The average molecular weight is 463 g/mol. The quantitative estimate of drug-likeness (QED) is 0.464. The molecule has 180 valence electrons. The molecule has 1 saturated carbocycles. The zero-order valence-electron chi connectivity index (χ0n) is 20.1. The number of nitrogens with zero attached hydrogens (tertiary/aromatic N) is 1. The molecule has 0 radical (unpaired) electrons. The molecule has 1 aliphatic carbocycles. The van der Waals surface area contributed by atoms with E-state index in [1.165, 1.54) is 5.56 Å². The Morgan fingerprint density at radius 3 is 2.74 bits per heavy atom. The summed E-state index contributed by atoms with van der Waals surface area (Å²) < 4.78 is 11.2. The molecular weight excluding hydrogens is 428 g/mol. The Labute approximate surface area is 201 Å². The highest BCUT2D eigenvalue weighted by molar-refractivity contribution is 5.97. The Kier molecular flexibility index (Phi) is 8.01. The predicted molar refractivity (Wildman–Crippen MR) is 132 cm³/mol. The lowest BCUT2D eigenvalue weighted by molar-refractivity contribution is -0.149. The molecule has 0 bridgehead atoms. The largest absolute Gasteiger partial charge is 0.482 e. The van der Waals surface area contributed by atoms with E-state index in [4.69, 9.17) is 9.47 Å². The van der Waals surface area contributed by atoms with Gasteiger partial charge in [0.2, 0.25) is 0 Å². The van der Waals surface area contributed by atoms with Gasteiger partial charge in [-0.1, -0.05) is 48.4 Å². The molecule has 2 unspecified atom stereocenters. The van der Waals surface area contributed by atoms with Crippen LogP contribution in [0.1, 0.15) is 59.2 Å². The van der Waals surface area contributed by atoms with E-state index in [0.29, 0.717) is 31.0 Å². The number of methoxy groups -OCH3 is 1. The molecule has 1 N–H and O–H groups in total. The highest BCUT2D eigenvalue weighted by Crippen LogP contribution is 2.34. The van der Waals surface area contributed by atoms with E-state index in [1.807, 2.05) is 23.1 Å². The number of rotatable bonds is 8. The summed E-state index contributed by atoms with van der Waals surface area (Å²) in [6, 6.07) is 15.7. The van der Waals surface area contributed by atoms with E-state index in [2.05, 4.69) is 30.4 Å². The van der Waals surface area contributed by atoms with Gasteiger partial charge in [0.1, 0.15) is 6.10 Å². The summed E-state index contributed by atoms with van der Waals surface area (Å²) in [5.74, 6) is 0.201. The Bertz CT molecular complexity index is 1030. The number of amides is 2. The number of benzene rings is 2. The highest BCUT2D eigenvalue weighted by atomic mass is 16.5. The van der Waals surface area contributed by atoms with Gasteiger partial charge in [-0.15, -0.1) is 0 Å². The van der Waals surface area contributed by atoms with Crippen molar-refractivity contribution in [3.8, 4) is 0 Å². The van der Waals surface area contributed by atoms with Gasteiger partial charge in [0.05, 0.1) is 6.04 Å². The first-order valence-corrected chi connectivity index (χ1v) is 12.2. The van der Waals surface area contributed by atoms with E-state index < -0.39 is 0 Å². The maximum atomic E-state index is 13.5. The molecule has 6 nitrogen and oxygen atoms in total. The molecule has 2 atom stereocenters. The second-order valence-electron chi connectivity index (χ2n) is 9.16. The van der Waals surface area contributed by atoms with Crippen molar-refractivity contribution in [3.63, 3.8) is 0 Å². The minimum atomic E-state index is -0.116. The Balaban J connectivity index is 1.49. The number of ether oxygens (including phenoxy) is 2. The zero-order valence-corrected chi connectivity index (χ0v) is 20.1. The van der Waals surface area contributed by atoms with Crippen LogP contribution in [0.5, 0.6) is 0 Å². The third-order valence-corrected chi connectivity index (χ3v) is 6.53. The first-order valence-electron chi connectivity index (χ1n) is 12.2. The standard InChI is InChI=1S/C28H34N2O4/c1-20-7-5-8-22(17-20)19-30-24-9-3-4-10-25(24)34-26(28(30)32)18-21-11-13-23(14-12-21)27(31)29-15-6-16-33-2/h5,7-8,11-14,17-18,24-25H,3-4,6,9-10,15-16,19H2,1-2H3,(H,29,31)/b26-18+. The van der Waals surface area contributed by atoms with E-state index in [-0.39, 0.29) is 24.0 Å². The van der Waals surface area contributed by atoms with Crippen LogP contribution in [0.25, 0.3) is 6.08 Å². The molecule has 34 heavy (non-hydrogen) atoms. The van der Waals surface area contributed by atoms with Crippen molar-refractivity contribution in [1.29, 1.82) is 0 Å². The van der Waals surface area contributed by atoms with E-state index in [9.17, 15) is 9.59 Å². The van der Waals surface area contributed by atoms with Crippen molar-refractivity contribution in [2.75, 3.05) is 20.3 Å². The van der Waals surface area contributed by atoms with Gasteiger partial charge in [0.15, 0.2) is 5.76 Å². The maximum absolute atomic E-state index is 13.5. The third kappa shape index (κ3) is 5.86. The molecule has 2 amide bonds. The van der Waals surface area contributed by atoms with E-state index in [1.54, 1.807) is 25.3 Å². The van der Waals surface area contributed by atoms with Crippen molar-refractivity contribution in [2.45, 2.75) is 57.7 Å². The summed E-state index contributed by atoms with van der Waals surface area (Å²) >= 11 is 0. The molecule has 2 aromatic carbocycles. The predicted octanol–water partition coefficient (Wildman–Crippen LogP) is 4.47. The normalized spacial score (nSPS) is 21.2. The fourth-order valence-corrected chi connectivity index (χ4v) is 4.77. The molecule has 4 rings (SSSR count). The first kappa shape index (κ1) is 24.0. The first-order chi connectivity index (χ1) is 16.5. The van der Waals surface area contributed by atoms with Gasteiger partial charge >= 0.3 is 0 Å². The van der Waals surface area contributed by atoms with Crippen molar-refractivity contribution in [3.05, 3.63) is 76.5 Å². The Morgan fingerprint density at radius 1 is 1.18 bits per heavy atom. The second-order valence-corrected chi connectivity index (χ2v) is 9.16. The monoisotopic (exact) mass is 462 g/mol. The molecule has 2 fully saturated rings. The number of carbonyl (C=O) groups excluding carboxylic acids is 2. The van der Waals surface area contributed by atoms with Crippen LogP contribution < -0.4 is 5.32 Å². The van der Waals surface area contributed by atoms with Crippen LogP contribution in [0.4, 0.5) is 0 Å². The molecule has 2 aromatic rings. The number of hydrogen-bond acceptors (Lipinski definition) is 4. The minimum absolute atomic E-state index is 0.0275. The highest BCUT2D eigenvalue weighted by Gasteiger charge is 2.41. The van der Waals surface area contributed by atoms with Crippen molar-refractivity contribution in [1.82, 2.24) is 10.2 Å². The lowest BCUT2D eigenvalue weighted by Gasteiger charge is -2.44. The Hall–Kier alpha value is -3.12. The minimum Gasteiger partial charge on any atom is -0.482 e. The van der Waals surface area contributed by atoms with Gasteiger partial charge in [-0.3, -0.25) is 9.59 Å². The summed E-state index contributed by atoms with van der Waals surface area (Å²) in [4.78, 5) is 27.8. The summed E-state index contributed by atoms with van der Waals surface area (Å²) in [6.45, 7) is 3.84. The van der Waals surface area contributed by atoms with Crippen LogP contribution >= 0.6 is 0 Å². The number of fused-ring (bicyclic) bond motifs is 1. The third-order valence-electron chi connectivity index (χ3n) is 6.53. The molecule has 1 aliphatic heterocycles. The summed E-state index contributed by atoms with van der Waals surface area (Å²) in [5.41, 5.74) is 3.75. The van der Waals surface area contributed by atoms with Crippen LogP contribution in [-0.4, -0.2) is 49.1 Å². The molecule has 0 aromatic heterocycles. The smallest absolute Gasteiger partial charge is 0.289 e. The average Bonchev–Trinajstić information content (AvgIpc) is 2.85. The Morgan fingerprint density at radius 2 is 1.97 bits per heavy atom. The van der Waals surface area contributed by atoms with Crippen LogP contribution in [0.3, 0.4) is 0 Å². The van der Waals surface area contributed by atoms with Gasteiger partial charge in [0, 0.05) is 32.4 Å². The van der Waals surface area contributed by atoms with Crippen LogP contribution in [0.2, 0.25) is 0 Å². The molecule has 6 heteroatoms. The van der Waals surface area contributed by atoms with Gasteiger partial charge in [0.25, 0.3) is 11.8 Å². The van der Waals surface area contributed by atoms with Crippen LogP contribution in [0.15, 0.2) is 54.3 Å². The number of morpholine rings is 1. The van der Waals surface area contributed by atoms with E-state index in [0.717, 1.165) is 43.2 Å². The topological polar surface area (TPSA) is 67.9 Å². The van der Waals surface area contributed by atoms with Crippen molar-refractivity contribution >= 4 is 17.9 Å². The van der Waals surface area contributed by atoms with Crippen LogP contribution in [-0.2, 0) is 20.8 Å². The summed E-state index contributed by atoms with van der Waals surface area (Å²) in [6.07, 6.45) is 6.78. The molecule has 0 spiro atoms. The van der Waals surface area contributed by atoms with Crippen molar-refractivity contribution < 1.29 is 19.1 Å². The maximum Gasteiger partial charge on any atom is 0.289 e. The SMILES string of the molecule is COCCCNC(=O)c1ccc(/C=C2/OC3CCCCC3N(Cc3cccc(C)c3)C2=O)cc1. The van der Waals surface area contributed by atoms with Gasteiger partial charge in [-0.25, -0.2) is 0 Å². The van der Waals surface area contributed by atoms with E-state index >= 15 is 0 Å². The van der Waals surface area contributed by atoms with Crippen LogP contribution in [0, 0.1) is 6.92 Å². The summed E-state index contributed by atoms with van der Waals surface area (Å²) in [5, 5.41) is 2.89. The number of hydrogen-bond donors (Lipinski definition) is 1. The second kappa shape index (κ2) is 11.3. The number of aryl methyl sites for hydroxylation is 1.